The van der Waals surface area contributed by atoms with E-state index < -0.39 is 5.97 Å². The Hall–Kier alpha value is -2.33. The number of rotatable bonds is 6. The Morgan fingerprint density at radius 2 is 1.85 bits per heavy atom. The van der Waals surface area contributed by atoms with Crippen LogP contribution in [0.1, 0.15) is 15.9 Å². The monoisotopic (exact) mass is 271 g/mol. The summed E-state index contributed by atoms with van der Waals surface area (Å²) >= 11 is 0. The lowest BCUT2D eigenvalue weighted by Crippen LogP contribution is -2.26. The van der Waals surface area contributed by atoms with Crippen LogP contribution in [0.5, 0.6) is 0 Å². The molecule has 2 aromatic rings. The van der Waals surface area contributed by atoms with Gasteiger partial charge in [0.15, 0.2) is 0 Å². The van der Waals surface area contributed by atoms with E-state index in [2.05, 4.69) is 5.32 Å². The van der Waals surface area contributed by atoms with Crippen LogP contribution in [0.4, 0.5) is 5.69 Å². The highest BCUT2D eigenvalue weighted by molar-refractivity contribution is 5.88. The second-order valence-electron chi connectivity index (χ2n) is 4.60. The van der Waals surface area contributed by atoms with Gasteiger partial charge >= 0.3 is 5.97 Å². The van der Waals surface area contributed by atoms with E-state index in [0.717, 1.165) is 5.56 Å². The summed E-state index contributed by atoms with van der Waals surface area (Å²) in [7, 11) is 0. The van der Waals surface area contributed by atoms with E-state index in [1.54, 1.807) is 24.3 Å². The fourth-order valence-corrected chi connectivity index (χ4v) is 2.04. The Balaban J connectivity index is 2.06. The summed E-state index contributed by atoms with van der Waals surface area (Å²) in [6, 6.07) is 16.3. The van der Waals surface area contributed by atoms with Gasteiger partial charge in [-0.3, -0.25) is 0 Å². The van der Waals surface area contributed by atoms with Gasteiger partial charge in [-0.1, -0.05) is 36.4 Å². The minimum absolute atomic E-state index is 0.0216. The SMILES string of the molecule is O=C(O)c1cccc(NC(CO)Cc2ccccc2)c1. The Bertz CT molecular complexity index is 569. The van der Waals surface area contributed by atoms with Gasteiger partial charge in [-0.2, -0.15) is 0 Å². The van der Waals surface area contributed by atoms with Crippen LogP contribution >= 0.6 is 0 Å². The first-order valence-corrected chi connectivity index (χ1v) is 6.43. The molecule has 0 heterocycles. The highest BCUT2D eigenvalue weighted by atomic mass is 16.4. The van der Waals surface area contributed by atoms with Crippen LogP contribution in [0.3, 0.4) is 0 Å². The zero-order chi connectivity index (χ0) is 14.4. The summed E-state index contributed by atoms with van der Waals surface area (Å²) < 4.78 is 0. The highest BCUT2D eigenvalue weighted by Crippen LogP contribution is 2.14. The second-order valence-corrected chi connectivity index (χ2v) is 4.60. The second kappa shape index (κ2) is 6.73. The smallest absolute Gasteiger partial charge is 0.335 e. The maximum atomic E-state index is 10.9. The minimum atomic E-state index is -0.961. The van der Waals surface area contributed by atoms with E-state index in [9.17, 15) is 9.90 Å². The number of aromatic carboxylic acids is 1. The minimum Gasteiger partial charge on any atom is -0.478 e. The first kappa shape index (κ1) is 14.1. The molecular weight excluding hydrogens is 254 g/mol. The molecule has 2 aromatic carbocycles. The molecule has 0 aromatic heterocycles. The van der Waals surface area contributed by atoms with Gasteiger partial charge in [-0.15, -0.1) is 0 Å². The predicted molar refractivity (Wildman–Crippen MR) is 78.0 cm³/mol. The summed E-state index contributed by atoms with van der Waals surface area (Å²) in [5.41, 5.74) is 2.04. The van der Waals surface area contributed by atoms with E-state index in [4.69, 9.17) is 5.11 Å². The molecule has 4 nitrogen and oxygen atoms in total. The van der Waals surface area contributed by atoms with E-state index in [1.807, 2.05) is 30.3 Å². The number of hydrogen-bond acceptors (Lipinski definition) is 3. The van der Waals surface area contributed by atoms with Crippen molar-refractivity contribution in [2.45, 2.75) is 12.5 Å². The van der Waals surface area contributed by atoms with Crippen molar-refractivity contribution in [3.63, 3.8) is 0 Å². The Kier molecular flexibility index (Phi) is 4.74. The Labute approximate surface area is 117 Å². The largest absolute Gasteiger partial charge is 0.478 e. The van der Waals surface area contributed by atoms with Crippen molar-refractivity contribution in [1.82, 2.24) is 0 Å². The van der Waals surface area contributed by atoms with Gasteiger partial charge in [0, 0.05) is 5.69 Å². The van der Waals surface area contributed by atoms with Gasteiger partial charge in [0.2, 0.25) is 0 Å². The van der Waals surface area contributed by atoms with E-state index in [-0.39, 0.29) is 18.2 Å². The van der Waals surface area contributed by atoms with Crippen molar-refractivity contribution in [1.29, 1.82) is 0 Å². The predicted octanol–water partition coefficient (Wildman–Crippen LogP) is 2.40. The fraction of sp³-hybridized carbons (Fsp3) is 0.188. The number of carbonyl (C=O) groups is 1. The van der Waals surface area contributed by atoms with Crippen LogP contribution in [-0.4, -0.2) is 28.8 Å². The average Bonchev–Trinajstić information content (AvgIpc) is 2.48. The number of aliphatic hydroxyl groups is 1. The number of carboxylic acids is 1. The number of aliphatic hydroxyl groups excluding tert-OH is 1. The molecule has 0 radical (unpaired) electrons. The first-order valence-electron chi connectivity index (χ1n) is 6.43. The Morgan fingerprint density at radius 3 is 2.50 bits per heavy atom. The maximum absolute atomic E-state index is 10.9. The highest BCUT2D eigenvalue weighted by Gasteiger charge is 2.10. The van der Waals surface area contributed by atoms with Crippen molar-refractivity contribution in [2.24, 2.45) is 0 Å². The normalized spacial score (nSPS) is 11.8. The van der Waals surface area contributed by atoms with Gasteiger partial charge in [-0.25, -0.2) is 4.79 Å². The third kappa shape index (κ3) is 3.83. The fourth-order valence-electron chi connectivity index (χ4n) is 2.04. The van der Waals surface area contributed by atoms with Crippen LogP contribution in [0.15, 0.2) is 54.6 Å². The summed E-state index contributed by atoms with van der Waals surface area (Å²) in [6.07, 6.45) is 0.675. The molecule has 2 rings (SSSR count). The van der Waals surface area contributed by atoms with E-state index in [0.29, 0.717) is 12.1 Å². The molecule has 1 unspecified atom stereocenters. The maximum Gasteiger partial charge on any atom is 0.335 e. The van der Waals surface area contributed by atoms with Crippen LogP contribution in [-0.2, 0) is 6.42 Å². The molecule has 104 valence electrons. The number of carboxylic acid groups (broad SMARTS) is 1. The molecule has 3 N–H and O–H groups in total. The lowest BCUT2D eigenvalue weighted by molar-refractivity contribution is 0.0697. The third-order valence-corrected chi connectivity index (χ3v) is 3.03. The van der Waals surface area contributed by atoms with Gasteiger partial charge < -0.3 is 15.5 Å². The standard InChI is InChI=1S/C16H17NO3/c18-11-15(9-12-5-2-1-3-6-12)17-14-8-4-7-13(10-14)16(19)20/h1-8,10,15,17-18H,9,11H2,(H,19,20). The van der Waals surface area contributed by atoms with Crippen LogP contribution in [0.25, 0.3) is 0 Å². The molecule has 0 amide bonds. The number of anilines is 1. The Morgan fingerprint density at radius 1 is 1.10 bits per heavy atom. The molecule has 0 saturated carbocycles. The molecule has 0 aliphatic heterocycles. The van der Waals surface area contributed by atoms with Crippen molar-refractivity contribution in [3.05, 3.63) is 65.7 Å². The topological polar surface area (TPSA) is 69.6 Å². The lowest BCUT2D eigenvalue weighted by Gasteiger charge is -2.18. The number of nitrogens with one attached hydrogen (secondary N) is 1. The van der Waals surface area contributed by atoms with Crippen LogP contribution in [0, 0.1) is 0 Å². The van der Waals surface area contributed by atoms with Gasteiger partial charge in [0.25, 0.3) is 0 Å². The van der Waals surface area contributed by atoms with Gasteiger partial charge in [0.1, 0.15) is 0 Å². The molecule has 0 aliphatic rings. The zero-order valence-corrected chi connectivity index (χ0v) is 11.0. The van der Waals surface area contributed by atoms with Crippen molar-refractivity contribution in [3.8, 4) is 0 Å². The van der Waals surface area contributed by atoms with Crippen molar-refractivity contribution < 1.29 is 15.0 Å². The zero-order valence-electron chi connectivity index (χ0n) is 11.0. The van der Waals surface area contributed by atoms with Gasteiger partial charge in [0.05, 0.1) is 18.2 Å². The molecule has 20 heavy (non-hydrogen) atoms. The van der Waals surface area contributed by atoms with Gasteiger partial charge in [-0.05, 0) is 30.2 Å². The summed E-state index contributed by atoms with van der Waals surface area (Å²) in [6.45, 7) is -0.0216. The van der Waals surface area contributed by atoms with E-state index in [1.165, 1.54) is 0 Å². The van der Waals surface area contributed by atoms with Crippen molar-refractivity contribution in [2.75, 3.05) is 11.9 Å². The summed E-state index contributed by atoms with van der Waals surface area (Å²) in [5, 5.41) is 21.6. The van der Waals surface area contributed by atoms with E-state index >= 15 is 0 Å². The van der Waals surface area contributed by atoms with Crippen LogP contribution < -0.4 is 5.32 Å². The lowest BCUT2D eigenvalue weighted by atomic mass is 10.1. The molecule has 0 fully saturated rings. The van der Waals surface area contributed by atoms with Crippen molar-refractivity contribution >= 4 is 11.7 Å². The molecule has 0 spiro atoms. The molecule has 1 atom stereocenters. The first-order chi connectivity index (χ1) is 9.69. The molecule has 0 aliphatic carbocycles. The summed E-state index contributed by atoms with van der Waals surface area (Å²) in [4.78, 5) is 10.9. The van der Waals surface area contributed by atoms with Crippen LogP contribution in [0.2, 0.25) is 0 Å². The molecular formula is C16H17NO3. The number of benzene rings is 2. The third-order valence-electron chi connectivity index (χ3n) is 3.03. The number of hydrogen-bond donors (Lipinski definition) is 3. The quantitative estimate of drug-likeness (QED) is 0.754. The molecule has 4 heteroatoms. The average molecular weight is 271 g/mol. The molecule has 0 saturated heterocycles. The molecule has 0 bridgehead atoms. The summed E-state index contributed by atoms with van der Waals surface area (Å²) in [5.74, 6) is -0.961.